The van der Waals surface area contributed by atoms with Crippen LogP contribution in [0.25, 0.3) is 17.1 Å². The molecule has 0 spiro atoms. The molecule has 4 N–H and O–H groups in total. The van der Waals surface area contributed by atoms with Crippen LogP contribution in [0.3, 0.4) is 0 Å². The Morgan fingerprint density at radius 1 is 1.17 bits per heavy atom. The zero-order valence-electron chi connectivity index (χ0n) is 17.6. The first-order chi connectivity index (χ1) is 16.5. The molecule has 14 heteroatoms. The average Bonchev–Trinajstić information content (AvgIpc) is 3.20. The van der Waals surface area contributed by atoms with Gasteiger partial charge in [0.1, 0.15) is 22.9 Å². The number of nitrogens with zero attached hydrogens (tertiary/aromatic N) is 5. The van der Waals surface area contributed by atoms with Gasteiger partial charge in [-0.3, -0.25) is 4.79 Å². The van der Waals surface area contributed by atoms with Crippen LogP contribution >= 0.6 is 11.6 Å². The van der Waals surface area contributed by atoms with Gasteiger partial charge in [-0.2, -0.15) is 23.3 Å². The molecule has 0 saturated heterocycles. The quantitative estimate of drug-likeness (QED) is 0.384. The Labute approximate surface area is 199 Å². The Bertz CT molecular complexity index is 1460. The van der Waals surface area contributed by atoms with Gasteiger partial charge in [0.05, 0.1) is 5.56 Å². The number of anilines is 1. The van der Waals surface area contributed by atoms with Gasteiger partial charge in [-0.15, -0.1) is 0 Å². The van der Waals surface area contributed by atoms with Gasteiger partial charge in [-0.05, 0) is 36.8 Å². The molecule has 0 aliphatic carbocycles. The maximum Gasteiger partial charge on any atom is 0.434 e. The first-order valence-corrected chi connectivity index (χ1v) is 10.0. The van der Waals surface area contributed by atoms with Crippen LogP contribution in [0.5, 0.6) is 11.6 Å². The molecule has 35 heavy (non-hydrogen) atoms. The molecule has 3 aromatic heterocycles. The Morgan fingerprint density at radius 3 is 2.54 bits per heavy atom. The van der Waals surface area contributed by atoms with E-state index in [4.69, 9.17) is 27.8 Å². The second-order valence-electron chi connectivity index (χ2n) is 7.12. The fourth-order valence-corrected chi connectivity index (χ4v) is 3.38. The van der Waals surface area contributed by atoms with Crippen LogP contribution in [0.1, 0.15) is 21.6 Å². The van der Waals surface area contributed by atoms with Crippen molar-refractivity contribution in [2.45, 2.75) is 13.1 Å². The van der Waals surface area contributed by atoms with Crippen molar-refractivity contribution in [1.82, 2.24) is 24.7 Å². The molecule has 1 aromatic carbocycles. The normalized spacial score (nSPS) is 11.5. The number of amides is 1. The third-order valence-electron chi connectivity index (χ3n) is 4.78. The molecular formula is C21H14ClF4N7O2. The zero-order chi connectivity index (χ0) is 25.5. The molecule has 0 unspecified atom stereocenters. The number of alkyl halides is 3. The first kappa shape index (κ1) is 23.9. The molecule has 180 valence electrons. The summed E-state index contributed by atoms with van der Waals surface area (Å²) < 4.78 is 62.8. The summed E-state index contributed by atoms with van der Waals surface area (Å²) in [5.74, 6) is -3.30. The van der Waals surface area contributed by atoms with Crippen LogP contribution in [-0.4, -0.2) is 30.6 Å². The lowest BCUT2D eigenvalue weighted by molar-refractivity contribution is -0.143. The minimum atomic E-state index is -5.04. The number of benzene rings is 1. The molecule has 0 atom stereocenters. The smallest absolute Gasteiger partial charge is 0.434 e. The van der Waals surface area contributed by atoms with Crippen LogP contribution in [0.15, 0.2) is 42.9 Å². The lowest BCUT2D eigenvalue weighted by atomic mass is 10.0. The van der Waals surface area contributed by atoms with E-state index in [0.717, 1.165) is 18.5 Å². The van der Waals surface area contributed by atoms with Crippen LogP contribution in [-0.2, 0) is 6.18 Å². The third kappa shape index (κ3) is 4.45. The predicted octanol–water partition coefficient (Wildman–Crippen LogP) is 4.32. The summed E-state index contributed by atoms with van der Waals surface area (Å²) in [5.41, 5.74) is 8.17. The SMILES string of the molecule is Cc1cccnc1-n1nc(-c2ccc(Oc3ncnc(N)c3Cl)c(F)c2)c(C(N)=O)c1C(F)(F)F. The molecule has 0 saturated carbocycles. The van der Waals surface area contributed by atoms with Crippen LogP contribution in [0.2, 0.25) is 5.02 Å². The van der Waals surface area contributed by atoms with Crippen molar-refractivity contribution in [2.24, 2.45) is 5.73 Å². The molecule has 0 bridgehead atoms. The zero-order valence-corrected chi connectivity index (χ0v) is 18.4. The van der Waals surface area contributed by atoms with Crippen LogP contribution in [0.4, 0.5) is 23.4 Å². The molecule has 4 rings (SSSR count). The number of nitrogens with two attached hydrogens (primary N) is 2. The number of ether oxygens (including phenoxy) is 1. The van der Waals surface area contributed by atoms with Gasteiger partial charge in [0.2, 0.25) is 5.88 Å². The minimum Gasteiger partial charge on any atom is -0.434 e. The number of pyridine rings is 1. The lowest BCUT2D eigenvalue weighted by Gasteiger charge is -2.12. The van der Waals surface area contributed by atoms with Crippen molar-refractivity contribution >= 4 is 23.3 Å². The van der Waals surface area contributed by atoms with Gasteiger partial charge in [-0.1, -0.05) is 17.7 Å². The molecule has 1 amide bonds. The number of primary amides is 1. The molecule has 4 aromatic rings. The maximum atomic E-state index is 14.9. The van der Waals surface area contributed by atoms with E-state index in [-0.39, 0.29) is 33.9 Å². The lowest BCUT2D eigenvalue weighted by Crippen LogP contribution is -2.21. The summed E-state index contributed by atoms with van der Waals surface area (Å²) in [6, 6.07) is 6.17. The topological polar surface area (TPSA) is 135 Å². The highest BCUT2D eigenvalue weighted by Gasteiger charge is 2.43. The number of hydrogen-bond acceptors (Lipinski definition) is 7. The summed E-state index contributed by atoms with van der Waals surface area (Å²) in [7, 11) is 0. The van der Waals surface area contributed by atoms with Crippen molar-refractivity contribution < 1.29 is 27.1 Å². The van der Waals surface area contributed by atoms with E-state index in [1.807, 2.05) is 0 Å². The first-order valence-electron chi connectivity index (χ1n) is 9.64. The van der Waals surface area contributed by atoms with Crippen molar-refractivity contribution in [3.8, 4) is 28.7 Å². The van der Waals surface area contributed by atoms with Gasteiger partial charge in [0.25, 0.3) is 5.91 Å². The third-order valence-corrected chi connectivity index (χ3v) is 5.13. The van der Waals surface area contributed by atoms with Crippen molar-refractivity contribution in [1.29, 1.82) is 0 Å². The molecular weight excluding hydrogens is 494 g/mol. The van der Waals surface area contributed by atoms with E-state index < -0.39 is 34.9 Å². The van der Waals surface area contributed by atoms with Crippen molar-refractivity contribution in [2.75, 3.05) is 5.73 Å². The van der Waals surface area contributed by atoms with E-state index in [2.05, 4.69) is 20.1 Å². The highest BCUT2D eigenvalue weighted by atomic mass is 35.5. The number of aromatic nitrogens is 5. The number of nitrogen functional groups attached to an aromatic ring is 1. The summed E-state index contributed by atoms with van der Waals surface area (Å²) in [6.07, 6.45) is -2.72. The Balaban J connectivity index is 1.87. The largest absolute Gasteiger partial charge is 0.434 e. The maximum absolute atomic E-state index is 14.9. The predicted molar refractivity (Wildman–Crippen MR) is 117 cm³/mol. The highest BCUT2D eigenvalue weighted by molar-refractivity contribution is 6.34. The number of rotatable bonds is 5. The van der Waals surface area contributed by atoms with Gasteiger partial charge in [0, 0.05) is 11.8 Å². The minimum absolute atomic E-state index is 0.102. The Kier molecular flexibility index (Phi) is 6.03. The van der Waals surface area contributed by atoms with E-state index in [1.165, 1.54) is 31.3 Å². The van der Waals surface area contributed by atoms with Gasteiger partial charge in [0.15, 0.2) is 23.1 Å². The molecule has 3 heterocycles. The monoisotopic (exact) mass is 507 g/mol. The van der Waals surface area contributed by atoms with E-state index in [0.29, 0.717) is 10.2 Å². The van der Waals surface area contributed by atoms with Crippen LogP contribution in [0, 0.1) is 12.7 Å². The molecule has 0 aliphatic rings. The number of aryl methyl sites for hydroxylation is 1. The number of carbonyl (C=O) groups excluding carboxylic acids is 1. The second kappa shape index (κ2) is 8.83. The number of carbonyl (C=O) groups is 1. The number of hydrogen-bond donors (Lipinski definition) is 2. The van der Waals surface area contributed by atoms with E-state index in [9.17, 15) is 22.4 Å². The summed E-state index contributed by atoms with van der Waals surface area (Å²) in [4.78, 5) is 23.5. The van der Waals surface area contributed by atoms with Gasteiger partial charge in [-0.25, -0.2) is 19.0 Å². The van der Waals surface area contributed by atoms with E-state index >= 15 is 0 Å². The Hall–Kier alpha value is -4.26. The molecule has 0 radical (unpaired) electrons. The summed E-state index contributed by atoms with van der Waals surface area (Å²) >= 11 is 5.94. The molecule has 0 aliphatic heterocycles. The summed E-state index contributed by atoms with van der Waals surface area (Å²) in [5, 5.41) is 3.79. The highest BCUT2D eigenvalue weighted by Crippen LogP contribution is 2.39. The summed E-state index contributed by atoms with van der Waals surface area (Å²) in [6.45, 7) is 1.52. The second-order valence-corrected chi connectivity index (χ2v) is 7.49. The fraction of sp³-hybridized carbons (Fsp3) is 0.0952. The van der Waals surface area contributed by atoms with Crippen molar-refractivity contribution in [3.63, 3.8) is 0 Å². The Morgan fingerprint density at radius 2 is 1.91 bits per heavy atom. The average molecular weight is 508 g/mol. The molecule has 0 fully saturated rings. The van der Waals surface area contributed by atoms with Gasteiger partial charge >= 0.3 is 6.18 Å². The van der Waals surface area contributed by atoms with Crippen molar-refractivity contribution in [3.05, 3.63) is 70.5 Å². The molecule has 9 nitrogen and oxygen atoms in total. The number of halogens is 5. The fourth-order valence-electron chi connectivity index (χ4n) is 3.24. The standard InChI is InChI=1S/C21H14ClF4N7O2/c1-9-3-2-6-29-19(9)33-16(21(24,25)26)13(18(28)34)15(32-33)10-4-5-12(11(23)7-10)35-20-14(22)17(27)30-8-31-20/h2-8H,1H3,(H2,28,34)(H2,27,30,31). The van der Waals surface area contributed by atoms with Crippen LogP contribution < -0.4 is 16.2 Å². The van der Waals surface area contributed by atoms with E-state index in [1.54, 1.807) is 0 Å². The van der Waals surface area contributed by atoms with Gasteiger partial charge < -0.3 is 16.2 Å².